The van der Waals surface area contributed by atoms with Crippen LogP contribution in [0.25, 0.3) is 44.4 Å². The van der Waals surface area contributed by atoms with Crippen LogP contribution >= 0.6 is 0 Å². The van der Waals surface area contributed by atoms with Crippen molar-refractivity contribution in [3.63, 3.8) is 0 Å². The minimum atomic E-state index is -0.0910. The number of nitrogens with zero attached hydrogens (tertiary/aromatic N) is 3. The standard InChI is InChI=1S/C52H42BN3/c1-51-32-17-18-33-52(51,2)55(38-26-13-6-14-27-38)50-41(51)34-40-39-28-19-31-44-47(39)53(42-29-15-16-30-43(42)54(44)37-24-11-5-12-25-37)56-48(36-22-9-4-10-23-36)45(46(50)49(40)56)35-20-7-3-8-21-35/h3-16,19-31,34H,17-18,32-33H2,1-2H3. The van der Waals surface area contributed by atoms with Gasteiger partial charge in [0, 0.05) is 55.9 Å². The number of benzene rings is 7. The van der Waals surface area contributed by atoms with Gasteiger partial charge in [-0.25, -0.2) is 0 Å². The van der Waals surface area contributed by atoms with Crippen LogP contribution in [0.15, 0.2) is 170 Å². The molecule has 0 amide bonds. The number of anilines is 5. The van der Waals surface area contributed by atoms with E-state index in [9.17, 15) is 0 Å². The molecule has 0 bridgehead atoms. The fraction of sp³-hybridized carbons (Fsp3) is 0.154. The number of hydrogen-bond acceptors (Lipinski definition) is 2. The van der Waals surface area contributed by atoms with E-state index in [0.717, 1.165) is 6.42 Å². The Morgan fingerprint density at radius 2 is 1.16 bits per heavy atom. The summed E-state index contributed by atoms with van der Waals surface area (Å²) in [5.41, 5.74) is 19.6. The van der Waals surface area contributed by atoms with Gasteiger partial charge < -0.3 is 14.3 Å². The van der Waals surface area contributed by atoms with Crippen molar-refractivity contribution >= 4 is 57.1 Å². The van der Waals surface area contributed by atoms with Gasteiger partial charge in [0.25, 0.3) is 0 Å². The molecule has 56 heavy (non-hydrogen) atoms. The fourth-order valence-corrected chi connectivity index (χ4v) is 11.5. The highest BCUT2D eigenvalue weighted by Gasteiger charge is 2.59. The van der Waals surface area contributed by atoms with E-state index in [4.69, 9.17) is 0 Å². The van der Waals surface area contributed by atoms with Crippen LogP contribution in [0.5, 0.6) is 0 Å². The van der Waals surface area contributed by atoms with Gasteiger partial charge in [-0.3, -0.25) is 0 Å². The molecule has 8 aromatic rings. The van der Waals surface area contributed by atoms with E-state index < -0.39 is 0 Å². The first-order valence-corrected chi connectivity index (χ1v) is 20.4. The number of rotatable bonds is 4. The van der Waals surface area contributed by atoms with Crippen LogP contribution in [0.4, 0.5) is 28.4 Å². The molecule has 0 N–H and O–H groups in total. The number of fused-ring (bicyclic) bond motifs is 8. The minimum Gasteiger partial charge on any atom is -0.375 e. The third kappa shape index (κ3) is 4.04. The molecule has 12 rings (SSSR count). The van der Waals surface area contributed by atoms with Crippen molar-refractivity contribution in [3.05, 3.63) is 175 Å². The fourth-order valence-electron chi connectivity index (χ4n) is 11.5. The largest absolute Gasteiger partial charge is 0.375 e. The normalized spacial score (nSPS) is 20.1. The second-order valence-corrected chi connectivity index (χ2v) is 16.7. The second kappa shape index (κ2) is 11.6. The van der Waals surface area contributed by atoms with Gasteiger partial charge in [0.15, 0.2) is 0 Å². The van der Waals surface area contributed by atoms with E-state index in [-0.39, 0.29) is 17.8 Å². The average Bonchev–Trinajstić information content (AvgIpc) is 3.71. The molecule has 0 radical (unpaired) electrons. The van der Waals surface area contributed by atoms with Gasteiger partial charge in [0.1, 0.15) is 0 Å². The van der Waals surface area contributed by atoms with E-state index in [1.807, 2.05) is 0 Å². The molecule has 4 aliphatic rings. The lowest BCUT2D eigenvalue weighted by Crippen LogP contribution is -2.56. The van der Waals surface area contributed by atoms with E-state index >= 15 is 0 Å². The Morgan fingerprint density at radius 1 is 0.554 bits per heavy atom. The van der Waals surface area contributed by atoms with E-state index in [1.54, 1.807) is 0 Å². The van der Waals surface area contributed by atoms with Crippen LogP contribution < -0.4 is 20.7 Å². The highest BCUT2D eigenvalue weighted by Crippen LogP contribution is 2.65. The predicted molar refractivity (Wildman–Crippen MR) is 236 cm³/mol. The van der Waals surface area contributed by atoms with Gasteiger partial charge in [0.2, 0.25) is 0 Å². The Hall–Kier alpha value is -6.26. The quantitative estimate of drug-likeness (QED) is 0.168. The molecule has 2 atom stereocenters. The van der Waals surface area contributed by atoms with Crippen LogP contribution in [-0.2, 0) is 5.41 Å². The van der Waals surface area contributed by atoms with Gasteiger partial charge in [-0.2, -0.15) is 0 Å². The van der Waals surface area contributed by atoms with Crippen molar-refractivity contribution in [2.75, 3.05) is 9.80 Å². The first kappa shape index (κ1) is 32.0. The maximum absolute atomic E-state index is 2.80. The third-order valence-corrected chi connectivity index (χ3v) is 14.1. The SMILES string of the molecule is CC12CCCCC1(C)N(c1ccccc1)c1c2cc2c3c1c(-c1ccccc1)c(-c1ccccc1)n3B1c3ccccc3N(c3ccccc3)c3cccc-2c31. The van der Waals surface area contributed by atoms with E-state index in [0.29, 0.717) is 0 Å². The van der Waals surface area contributed by atoms with Crippen molar-refractivity contribution in [2.45, 2.75) is 50.5 Å². The van der Waals surface area contributed by atoms with E-state index in [2.05, 4.69) is 198 Å². The molecule has 1 aliphatic carbocycles. The van der Waals surface area contributed by atoms with Crippen molar-refractivity contribution in [2.24, 2.45) is 0 Å². The maximum atomic E-state index is 2.80. The van der Waals surface area contributed by atoms with Crippen LogP contribution in [0.2, 0.25) is 0 Å². The smallest absolute Gasteiger partial charge is 0.333 e. The number of para-hydroxylation sites is 3. The molecule has 0 saturated heterocycles. The first-order valence-electron chi connectivity index (χ1n) is 20.4. The molecule has 0 spiro atoms. The topological polar surface area (TPSA) is 11.4 Å². The first-order chi connectivity index (χ1) is 27.6. The molecule has 1 saturated carbocycles. The second-order valence-electron chi connectivity index (χ2n) is 16.7. The molecule has 4 heterocycles. The zero-order valence-corrected chi connectivity index (χ0v) is 31.9. The van der Waals surface area contributed by atoms with Crippen LogP contribution in [0.3, 0.4) is 0 Å². The van der Waals surface area contributed by atoms with Crippen LogP contribution in [0.1, 0.15) is 45.1 Å². The average molecular weight is 720 g/mol. The third-order valence-electron chi connectivity index (χ3n) is 14.1. The summed E-state index contributed by atoms with van der Waals surface area (Å²) < 4.78 is 2.77. The lowest BCUT2D eigenvalue weighted by atomic mass is 9.45. The van der Waals surface area contributed by atoms with Crippen molar-refractivity contribution in [1.82, 2.24) is 4.48 Å². The predicted octanol–water partition coefficient (Wildman–Crippen LogP) is 12.1. The molecule has 268 valence electrons. The highest BCUT2D eigenvalue weighted by atomic mass is 15.3. The van der Waals surface area contributed by atoms with Crippen molar-refractivity contribution in [1.29, 1.82) is 0 Å². The maximum Gasteiger partial charge on any atom is 0.333 e. The summed E-state index contributed by atoms with van der Waals surface area (Å²) in [7, 11) is 0. The molecule has 4 heteroatoms. The summed E-state index contributed by atoms with van der Waals surface area (Å²) in [6.45, 7) is 5.13. The van der Waals surface area contributed by atoms with Crippen molar-refractivity contribution < 1.29 is 0 Å². The Kier molecular flexibility index (Phi) is 6.65. The Labute approximate surface area is 329 Å². The Bertz CT molecular complexity index is 2850. The summed E-state index contributed by atoms with van der Waals surface area (Å²) in [4.78, 5) is 5.30. The Morgan fingerprint density at radius 3 is 1.89 bits per heavy atom. The zero-order valence-electron chi connectivity index (χ0n) is 31.9. The summed E-state index contributed by atoms with van der Waals surface area (Å²) in [5.74, 6) is 0. The molecule has 3 aliphatic heterocycles. The van der Waals surface area contributed by atoms with E-state index in [1.165, 1.54) is 109 Å². The van der Waals surface area contributed by atoms with Crippen LogP contribution in [-0.4, -0.2) is 16.9 Å². The monoisotopic (exact) mass is 719 g/mol. The van der Waals surface area contributed by atoms with Gasteiger partial charge in [-0.1, -0.05) is 147 Å². The molecule has 1 fully saturated rings. The summed E-state index contributed by atoms with van der Waals surface area (Å²) >= 11 is 0. The molecular weight excluding hydrogens is 677 g/mol. The highest BCUT2D eigenvalue weighted by molar-refractivity contribution is 6.89. The summed E-state index contributed by atoms with van der Waals surface area (Å²) in [6.07, 6.45) is 4.80. The molecule has 2 unspecified atom stereocenters. The lowest BCUT2D eigenvalue weighted by molar-refractivity contribution is 0.195. The number of hydrogen-bond donors (Lipinski definition) is 0. The van der Waals surface area contributed by atoms with Gasteiger partial charge in [-0.15, -0.1) is 0 Å². The molecule has 3 nitrogen and oxygen atoms in total. The lowest BCUT2D eigenvalue weighted by Gasteiger charge is -2.50. The number of aromatic nitrogens is 1. The Balaban J connectivity index is 1.32. The summed E-state index contributed by atoms with van der Waals surface area (Å²) in [6, 6.07) is 63.6. The van der Waals surface area contributed by atoms with Crippen LogP contribution in [0, 0.1) is 0 Å². The molecular formula is C52H42BN3. The van der Waals surface area contributed by atoms with Crippen molar-refractivity contribution in [3.8, 4) is 33.5 Å². The zero-order chi connectivity index (χ0) is 37.2. The minimum absolute atomic E-state index is 0.0295. The van der Waals surface area contributed by atoms with Gasteiger partial charge in [0.05, 0.1) is 11.2 Å². The summed E-state index contributed by atoms with van der Waals surface area (Å²) in [5, 5.41) is 1.38. The van der Waals surface area contributed by atoms with Gasteiger partial charge >= 0.3 is 6.85 Å². The van der Waals surface area contributed by atoms with Gasteiger partial charge in [-0.05, 0) is 95.4 Å². The molecule has 1 aromatic heterocycles. The molecule has 7 aromatic carbocycles.